The number of aliphatic hydroxyl groups is 2. The molecule has 1 heterocycles. The van der Waals surface area contributed by atoms with E-state index < -0.39 is 29.8 Å². The number of fused-ring (bicyclic) bond motifs is 1. The molecule has 0 spiro atoms. The lowest BCUT2D eigenvalue weighted by Gasteiger charge is -2.34. The van der Waals surface area contributed by atoms with Gasteiger partial charge in [0.15, 0.2) is 17.6 Å². The van der Waals surface area contributed by atoms with Crippen LogP contribution in [0.25, 0.3) is 0 Å². The highest BCUT2D eigenvalue weighted by molar-refractivity contribution is 5.53. The highest BCUT2D eigenvalue weighted by Crippen LogP contribution is 2.47. The number of ether oxygens (including phenoxy) is 1. The third-order valence-corrected chi connectivity index (χ3v) is 3.62. The van der Waals surface area contributed by atoms with Crippen molar-refractivity contribution in [2.75, 3.05) is 0 Å². The zero-order chi connectivity index (χ0) is 16.0. The van der Waals surface area contributed by atoms with Crippen molar-refractivity contribution < 1.29 is 35.4 Å². The summed E-state index contributed by atoms with van der Waals surface area (Å²) >= 11 is 0. The van der Waals surface area contributed by atoms with Gasteiger partial charge in [0.25, 0.3) is 0 Å². The van der Waals surface area contributed by atoms with Crippen LogP contribution in [0.1, 0.15) is 23.3 Å². The summed E-state index contributed by atoms with van der Waals surface area (Å²) in [5, 5.41) is 58.5. The summed E-state index contributed by atoms with van der Waals surface area (Å²) in [5.41, 5.74) is 0.292. The topological polar surface area (TPSA) is 131 Å². The molecule has 0 aromatic heterocycles. The van der Waals surface area contributed by atoms with Crippen LogP contribution in [0.3, 0.4) is 0 Å². The molecule has 1 aliphatic heterocycles. The Morgan fingerprint density at radius 1 is 0.818 bits per heavy atom. The molecular formula is C15H14O7. The Kier molecular flexibility index (Phi) is 3.23. The number of aliphatic hydroxyl groups excluding tert-OH is 2. The summed E-state index contributed by atoms with van der Waals surface area (Å²) in [5.74, 6) is -1.36. The summed E-state index contributed by atoms with van der Waals surface area (Å²) < 4.78 is 5.53. The van der Waals surface area contributed by atoms with Crippen molar-refractivity contribution in [3.8, 4) is 28.7 Å². The molecular weight excluding hydrogens is 292 g/mol. The van der Waals surface area contributed by atoms with Gasteiger partial charge in [0.2, 0.25) is 0 Å². The van der Waals surface area contributed by atoms with Crippen LogP contribution in [0.15, 0.2) is 30.3 Å². The molecule has 0 unspecified atom stereocenters. The van der Waals surface area contributed by atoms with Gasteiger partial charge in [-0.05, 0) is 17.7 Å². The maximum Gasteiger partial charge on any atom is 0.157 e. The van der Waals surface area contributed by atoms with Crippen LogP contribution in [0.4, 0.5) is 0 Å². The van der Waals surface area contributed by atoms with Crippen LogP contribution in [0.5, 0.6) is 28.7 Å². The SMILES string of the molecule is Oc1cc(O)c2c(c1)O[C@H](c1ccc(O)c(O)c1)[C@H](O)[C@@H]2O. The van der Waals surface area contributed by atoms with E-state index >= 15 is 0 Å². The molecule has 0 bridgehead atoms. The Balaban J connectivity index is 2.06. The zero-order valence-corrected chi connectivity index (χ0v) is 11.2. The van der Waals surface area contributed by atoms with Crippen LogP contribution < -0.4 is 4.74 Å². The van der Waals surface area contributed by atoms with Gasteiger partial charge < -0.3 is 35.4 Å². The van der Waals surface area contributed by atoms with Crippen LogP contribution in [0, 0.1) is 0 Å². The van der Waals surface area contributed by atoms with Gasteiger partial charge >= 0.3 is 0 Å². The number of rotatable bonds is 1. The number of benzene rings is 2. The fourth-order valence-corrected chi connectivity index (χ4v) is 2.52. The minimum absolute atomic E-state index is 0.0212. The van der Waals surface area contributed by atoms with E-state index in [4.69, 9.17) is 4.74 Å². The highest BCUT2D eigenvalue weighted by Gasteiger charge is 2.39. The van der Waals surface area contributed by atoms with E-state index in [1.54, 1.807) is 0 Å². The van der Waals surface area contributed by atoms with Gasteiger partial charge in [0.1, 0.15) is 29.5 Å². The molecule has 0 amide bonds. The van der Waals surface area contributed by atoms with E-state index in [1.165, 1.54) is 24.3 Å². The molecule has 7 heteroatoms. The first-order valence-electron chi connectivity index (χ1n) is 6.49. The predicted molar refractivity (Wildman–Crippen MR) is 73.9 cm³/mol. The second-order valence-electron chi connectivity index (χ2n) is 5.10. The zero-order valence-electron chi connectivity index (χ0n) is 11.2. The summed E-state index contributed by atoms with van der Waals surface area (Å²) in [6.45, 7) is 0. The number of aromatic hydroxyl groups is 4. The van der Waals surface area contributed by atoms with Gasteiger partial charge in [0.05, 0.1) is 5.56 Å². The average Bonchev–Trinajstić information content (AvgIpc) is 2.45. The molecule has 0 saturated carbocycles. The normalized spacial score (nSPS) is 23.6. The average molecular weight is 306 g/mol. The molecule has 3 rings (SSSR count). The van der Waals surface area contributed by atoms with Gasteiger partial charge in [0, 0.05) is 12.1 Å². The first-order valence-corrected chi connectivity index (χ1v) is 6.49. The highest BCUT2D eigenvalue weighted by atomic mass is 16.5. The Labute approximate surface area is 124 Å². The van der Waals surface area contributed by atoms with Crippen LogP contribution in [-0.2, 0) is 0 Å². The maximum absolute atomic E-state index is 10.2. The largest absolute Gasteiger partial charge is 0.508 e. The fraction of sp³-hybridized carbons (Fsp3) is 0.200. The van der Waals surface area contributed by atoms with Crippen molar-refractivity contribution in [3.05, 3.63) is 41.5 Å². The monoisotopic (exact) mass is 306 g/mol. The summed E-state index contributed by atoms with van der Waals surface area (Å²) in [4.78, 5) is 0. The van der Waals surface area contributed by atoms with E-state index in [9.17, 15) is 30.6 Å². The van der Waals surface area contributed by atoms with Crippen molar-refractivity contribution >= 4 is 0 Å². The molecule has 22 heavy (non-hydrogen) atoms. The van der Waals surface area contributed by atoms with Gasteiger partial charge in [-0.3, -0.25) is 0 Å². The molecule has 0 radical (unpaired) electrons. The van der Waals surface area contributed by atoms with Gasteiger partial charge in [-0.2, -0.15) is 0 Å². The molecule has 2 aromatic carbocycles. The van der Waals surface area contributed by atoms with Crippen molar-refractivity contribution in [1.82, 2.24) is 0 Å². The van der Waals surface area contributed by atoms with E-state index in [1.807, 2.05) is 0 Å². The summed E-state index contributed by atoms with van der Waals surface area (Å²) in [6.07, 6.45) is -3.90. The van der Waals surface area contributed by atoms with Crippen molar-refractivity contribution in [2.45, 2.75) is 18.3 Å². The Morgan fingerprint density at radius 3 is 2.23 bits per heavy atom. The molecule has 3 atom stereocenters. The first kappa shape index (κ1) is 14.3. The van der Waals surface area contributed by atoms with Crippen molar-refractivity contribution in [2.24, 2.45) is 0 Å². The number of hydrogen-bond acceptors (Lipinski definition) is 7. The molecule has 0 aliphatic carbocycles. The summed E-state index contributed by atoms with van der Waals surface area (Å²) in [6, 6.07) is 6.08. The van der Waals surface area contributed by atoms with Crippen LogP contribution in [0.2, 0.25) is 0 Å². The molecule has 116 valence electrons. The summed E-state index contributed by atoms with van der Waals surface area (Å²) in [7, 11) is 0. The first-order chi connectivity index (χ1) is 10.4. The second-order valence-corrected chi connectivity index (χ2v) is 5.10. The van der Waals surface area contributed by atoms with E-state index in [-0.39, 0.29) is 22.8 Å². The maximum atomic E-state index is 10.2. The third kappa shape index (κ3) is 2.16. The van der Waals surface area contributed by atoms with Crippen LogP contribution >= 0.6 is 0 Å². The van der Waals surface area contributed by atoms with E-state index in [2.05, 4.69) is 0 Å². The lowest BCUT2D eigenvalue weighted by Crippen LogP contribution is -2.34. The third-order valence-electron chi connectivity index (χ3n) is 3.62. The van der Waals surface area contributed by atoms with Crippen molar-refractivity contribution in [3.63, 3.8) is 0 Å². The Hall–Kier alpha value is -2.64. The quantitative estimate of drug-likeness (QED) is 0.434. The Bertz CT molecular complexity index is 728. The molecule has 1 aliphatic rings. The second kappa shape index (κ2) is 4.97. The number of hydrogen-bond donors (Lipinski definition) is 6. The molecule has 0 fully saturated rings. The fourth-order valence-electron chi connectivity index (χ4n) is 2.52. The lowest BCUT2D eigenvalue weighted by molar-refractivity contribution is -0.0711. The molecule has 6 N–H and O–H groups in total. The smallest absolute Gasteiger partial charge is 0.157 e. The molecule has 7 nitrogen and oxygen atoms in total. The van der Waals surface area contributed by atoms with Gasteiger partial charge in [-0.25, -0.2) is 0 Å². The molecule has 2 aromatic rings. The minimum atomic E-state index is -1.44. The molecule has 0 saturated heterocycles. The van der Waals surface area contributed by atoms with Crippen molar-refractivity contribution in [1.29, 1.82) is 0 Å². The number of phenolic OH excluding ortho intramolecular Hbond substituents is 4. The van der Waals surface area contributed by atoms with Gasteiger partial charge in [-0.15, -0.1) is 0 Å². The van der Waals surface area contributed by atoms with E-state index in [0.29, 0.717) is 5.56 Å². The standard InChI is InChI=1S/C15H14O7/c16-7-4-10(19)12-11(5-7)22-15(14(21)13(12)20)6-1-2-8(17)9(18)3-6/h1-5,13-21H/t13-,14-,15-/m1/s1. The van der Waals surface area contributed by atoms with E-state index in [0.717, 1.165) is 6.07 Å². The van der Waals surface area contributed by atoms with Gasteiger partial charge in [-0.1, -0.05) is 6.07 Å². The number of phenols is 4. The lowest BCUT2D eigenvalue weighted by atomic mass is 9.91. The predicted octanol–water partition coefficient (Wildman–Crippen LogP) is 1.04. The Morgan fingerprint density at radius 2 is 1.55 bits per heavy atom. The minimum Gasteiger partial charge on any atom is -0.508 e. The van der Waals surface area contributed by atoms with Crippen LogP contribution in [-0.4, -0.2) is 36.7 Å².